The van der Waals surface area contributed by atoms with Crippen LogP contribution in [0.5, 0.6) is 0 Å². The van der Waals surface area contributed by atoms with Gasteiger partial charge < -0.3 is 15.0 Å². The summed E-state index contributed by atoms with van der Waals surface area (Å²) in [6.45, 7) is 4.66. The molecule has 1 fully saturated rings. The Balaban J connectivity index is 1.67. The fraction of sp³-hybridized carbons (Fsp3) is 0.500. The number of aromatic amines is 1. The average Bonchev–Trinajstić information content (AvgIpc) is 2.53. The van der Waals surface area contributed by atoms with E-state index in [1.165, 1.54) is 0 Å². The van der Waals surface area contributed by atoms with Crippen LogP contribution >= 0.6 is 0 Å². The molecule has 7 heteroatoms. The van der Waals surface area contributed by atoms with Crippen molar-refractivity contribution in [3.63, 3.8) is 0 Å². The van der Waals surface area contributed by atoms with Crippen LogP contribution in [0.1, 0.15) is 33.1 Å². The first kappa shape index (κ1) is 17.4. The van der Waals surface area contributed by atoms with Crippen molar-refractivity contribution in [3.8, 4) is 0 Å². The molecule has 2 N–H and O–H groups in total. The second-order valence-corrected chi connectivity index (χ2v) is 7.05. The fourth-order valence-electron chi connectivity index (χ4n) is 3.27. The lowest BCUT2D eigenvalue weighted by molar-refractivity contribution is -0.124. The van der Waals surface area contributed by atoms with Gasteiger partial charge in [0.2, 0.25) is 5.91 Å². The molecule has 1 aliphatic heterocycles. The summed E-state index contributed by atoms with van der Waals surface area (Å²) in [6, 6.07) is 6.90. The number of nitrogens with zero attached hydrogens (tertiary/aromatic N) is 1. The molecule has 2 heterocycles. The lowest BCUT2D eigenvalue weighted by atomic mass is 9.94. The van der Waals surface area contributed by atoms with Gasteiger partial charge >= 0.3 is 5.69 Å². The van der Waals surface area contributed by atoms with Crippen LogP contribution in [-0.4, -0.2) is 33.7 Å². The third-order valence-corrected chi connectivity index (χ3v) is 4.51. The van der Waals surface area contributed by atoms with Crippen molar-refractivity contribution in [3.05, 3.63) is 45.1 Å². The third-order valence-electron chi connectivity index (χ3n) is 4.51. The predicted molar refractivity (Wildman–Crippen MR) is 94.6 cm³/mol. The molecule has 1 saturated heterocycles. The van der Waals surface area contributed by atoms with Gasteiger partial charge in [-0.05, 0) is 38.8 Å². The van der Waals surface area contributed by atoms with E-state index in [1.807, 2.05) is 13.8 Å². The number of carbonyl (C=O) groups is 1. The highest BCUT2D eigenvalue weighted by atomic mass is 16.5. The smallest absolute Gasteiger partial charge is 0.328 e. The summed E-state index contributed by atoms with van der Waals surface area (Å²) in [5, 5.41) is 3.41. The van der Waals surface area contributed by atoms with Crippen molar-refractivity contribution in [1.29, 1.82) is 0 Å². The number of nitrogens with one attached hydrogen (secondary N) is 2. The maximum absolute atomic E-state index is 12.4. The minimum Gasteiger partial charge on any atom is -0.375 e. The van der Waals surface area contributed by atoms with E-state index in [0.717, 1.165) is 17.4 Å². The molecule has 134 valence electrons. The fourth-order valence-corrected chi connectivity index (χ4v) is 3.27. The molecule has 0 unspecified atom stereocenters. The van der Waals surface area contributed by atoms with Crippen LogP contribution in [0.3, 0.4) is 0 Å². The zero-order valence-corrected chi connectivity index (χ0v) is 14.5. The van der Waals surface area contributed by atoms with Gasteiger partial charge in [0, 0.05) is 25.6 Å². The largest absolute Gasteiger partial charge is 0.375 e. The number of rotatable bonds is 4. The van der Waals surface area contributed by atoms with Gasteiger partial charge in [-0.25, -0.2) is 4.79 Å². The van der Waals surface area contributed by atoms with Crippen LogP contribution in [0, 0.1) is 0 Å². The van der Waals surface area contributed by atoms with Gasteiger partial charge in [0.15, 0.2) is 0 Å². The number of para-hydroxylation sites is 1. The highest BCUT2D eigenvalue weighted by Crippen LogP contribution is 2.23. The lowest BCUT2D eigenvalue weighted by Crippen LogP contribution is -2.46. The van der Waals surface area contributed by atoms with E-state index in [-0.39, 0.29) is 36.1 Å². The molecule has 0 aliphatic carbocycles. The summed E-state index contributed by atoms with van der Waals surface area (Å²) in [5.74, 6) is -0.165. The van der Waals surface area contributed by atoms with E-state index in [4.69, 9.17) is 4.74 Å². The normalized spacial score (nSPS) is 19.7. The van der Waals surface area contributed by atoms with E-state index in [9.17, 15) is 14.4 Å². The first-order valence-corrected chi connectivity index (χ1v) is 8.51. The monoisotopic (exact) mass is 345 g/mol. The Morgan fingerprint density at radius 3 is 2.88 bits per heavy atom. The van der Waals surface area contributed by atoms with Crippen LogP contribution in [0.2, 0.25) is 0 Å². The Kier molecular flexibility index (Phi) is 4.76. The lowest BCUT2D eigenvalue weighted by Gasteiger charge is -2.35. The molecule has 1 amide bonds. The molecule has 7 nitrogen and oxygen atoms in total. The number of hydrogen-bond acceptors (Lipinski definition) is 4. The number of hydrogen-bond donors (Lipinski definition) is 2. The van der Waals surface area contributed by atoms with Gasteiger partial charge in [-0.1, -0.05) is 12.1 Å². The topological polar surface area (TPSA) is 93.2 Å². The second kappa shape index (κ2) is 6.84. The average molecular weight is 345 g/mol. The minimum atomic E-state index is -0.497. The molecule has 0 bridgehead atoms. The van der Waals surface area contributed by atoms with Crippen molar-refractivity contribution in [1.82, 2.24) is 14.9 Å². The van der Waals surface area contributed by atoms with Gasteiger partial charge in [-0.15, -0.1) is 0 Å². The van der Waals surface area contributed by atoms with Crippen molar-refractivity contribution in [2.75, 3.05) is 6.61 Å². The van der Waals surface area contributed by atoms with Gasteiger partial charge in [0.05, 0.1) is 16.5 Å². The van der Waals surface area contributed by atoms with E-state index < -0.39 is 5.69 Å². The van der Waals surface area contributed by atoms with Crippen molar-refractivity contribution >= 4 is 16.8 Å². The Morgan fingerprint density at radius 1 is 1.36 bits per heavy atom. The van der Waals surface area contributed by atoms with Gasteiger partial charge in [0.1, 0.15) is 0 Å². The molecule has 1 atom stereocenters. The van der Waals surface area contributed by atoms with Crippen LogP contribution in [0.25, 0.3) is 10.9 Å². The molecule has 2 aromatic rings. The summed E-state index contributed by atoms with van der Waals surface area (Å²) in [4.78, 5) is 39.4. The molecule has 25 heavy (non-hydrogen) atoms. The minimum absolute atomic E-state index is 0.0530. The number of amides is 1. The quantitative estimate of drug-likeness (QED) is 0.869. The third kappa shape index (κ3) is 3.99. The van der Waals surface area contributed by atoms with E-state index in [1.54, 1.807) is 24.3 Å². The Morgan fingerprint density at radius 2 is 2.12 bits per heavy atom. The zero-order chi connectivity index (χ0) is 18.0. The molecule has 1 aromatic carbocycles. The highest BCUT2D eigenvalue weighted by Gasteiger charge is 2.29. The summed E-state index contributed by atoms with van der Waals surface area (Å²) in [6.07, 6.45) is 1.60. The zero-order valence-electron chi connectivity index (χ0n) is 14.5. The van der Waals surface area contributed by atoms with Gasteiger partial charge in [-0.3, -0.25) is 14.2 Å². The summed E-state index contributed by atoms with van der Waals surface area (Å²) < 4.78 is 6.72. The van der Waals surface area contributed by atoms with E-state index in [2.05, 4.69) is 10.3 Å². The predicted octanol–water partition coefficient (Wildman–Crippen LogP) is 1.15. The number of ether oxygens (including phenoxy) is 1. The van der Waals surface area contributed by atoms with Crippen LogP contribution in [0.4, 0.5) is 0 Å². The molecule has 0 saturated carbocycles. The molecule has 1 aliphatic rings. The van der Waals surface area contributed by atoms with Gasteiger partial charge in [0.25, 0.3) is 5.56 Å². The van der Waals surface area contributed by atoms with E-state index >= 15 is 0 Å². The number of aromatic nitrogens is 2. The first-order chi connectivity index (χ1) is 11.9. The summed E-state index contributed by atoms with van der Waals surface area (Å²) in [7, 11) is 0. The molecule has 3 rings (SSSR count). The summed E-state index contributed by atoms with van der Waals surface area (Å²) in [5.41, 5.74) is -0.617. The Labute approximate surface area is 145 Å². The number of H-pyrrole nitrogens is 1. The Hall–Kier alpha value is -2.41. The van der Waals surface area contributed by atoms with E-state index in [0.29, 0.717) is 17.5 Å². The Bertz CT molecular complexity index is 897. The van der Waals surface area contributed by atoms with Crippen LogP contribution < -0.4 is 16.6 Å². The van der Waals surface area contributed by atoms with Crippen molar-refractivity contribution < 1.29 is 9.53 Å². The van der Waals surface area contributed by atoms with Crippen LogP contribution in [-0.2, 0) is 16.1 Å². The molecule has 1 aromatic heterocycles. The van der Waals surface area contributed by atoms with Crippen molar-refractivity contribution in [2.45, 2.75) is 51.3 Å². The number of fused-ring (bicyclic) bond motifs is 1. The molecular weight excluding hydrogens is 322 g/mol. The summed E-state index contributed by atoms with van der Waals surface area (Å²) >= 11 is 0. The standard InChI is InChI=1S/C18H23N3O4/c1-18(2)11-12(8-10-25-18)19-15(22)7-9-21-16(23)13-5-3-4-6-14(13)20-17(21)24/h3-6,12H,7-11H2,1-2H3,(H,19,22)(H,20,24)/t12-/m0/s1. The molecular formula is C18H23N3O4. The van der Waals surface area contributed by atoms with Crippen LogP contribution in [0.15, 0.2) is 33.9 Å². The number of carbonyl (C=O) groups excluding carboxylic acids is 1. The molecule has 0 spiro atoms. The second-order valence-electron chi connectivity index (χ2n) is 7.05. The SMILES string of the molecule is CC1(C)C[C@@H](NC(=O)CCn2c(=O)[nH]c3ccccc3c2=O)CCO1. The highest BCUT2D eigenvalue weighted by molar-refractivity contribution is 5.77. The molecule has 0 radical (unpaired) electrons. The van der Waals surface area contributed by atoms with Crippen molar-refractivity contribution in [2.24, 2.45) is 0 Å². The first-order valence-electron chi connectivity index (χ1n) is 8.51. The number of benzene rings is 1. The maximum Gasteiger partial charge on any atom is 0.328 e. The maximum atomic E-state index is 12.4. The van der Waals surface area contributed by atoms with Gasteiger partial charge in [-0.2, -0.15) is 0 Å².